The van der Waals surface area contributed by atoms with Crippen molar-refractivity contribution in [3.05, 3.63) is 225 Å². The third-order valence-electron chi connectivity index (χ3n) is 8.17. The number of nitrogens with zero attached hydrogens (tertiary/aromatic N) is 8. The van der Waals surface area contributed by atoms with Gasteiger partial charge in [-0.15, -0.1) is 0 Å². The van der Waals surface area contributed by atoms with Crippen molar-refractivity contribution >= 4 is 0 Å². The van der Waals surface area contributed by atoms with E-state index < -0.39 is 0 Å². The molecule has 332 valence electrons. The second-order valence-corrected chi connectivity index (χ2v) is 15.5. The summed E-state index contributed by atoms with van der Waals surface area (Å²) in [5.74, 6) is 0. The minimum Gasteiger partial charge on any atom is -0.283 e. The molecule has 0 amide bonds. The van der Waals surface area contributed by atoms with Crippen LogP contribution in [0.2, 0.25) is 0 Å². The zero-order valence-corrected chi connectivity index (χ0v) is 40.8. The fourth-order valence-corrected chi connectivity index (χ4v) is 4.97. The van der Waals surface area contributed by atoms with Crippen LogP contribution >= 0.6 is 0 Å². The molecule has 8 rings (SSSR count). The molecule has 0 aliphatic rings. The Morgan fingerprint density at radius 1 is 0.302 bits per heavy atom. The van der Waals surface area contributed by atoms with Gasteiger partial charge in [-0.2, -0.15) is 5.10 Å². The Bertz CT molecular complexity index is 1980. The number of aromatic nitrogens is 9. The zero-order valence-electron chi connectivity index (χ0n) is 40.8. The van der Waals surface area contributed by atoms with Crippen molar-refractivity contribution in [1.82, 2.24) is 45.1 Å². The number of H-pyrrole nitrogens is 1. The number of pyridine rings is 3. The molecule has 8 aromatic rings. The van der Waals surface area contributed by atoms with E-state index in [1.165, 1.54) is 38.9 Å². The van der Waals surface area contributed by atoms with E-state index >= 15 is 0 Å². The number of nitrogens with one attached hydrogen (secondary N) is 1. The second-order valence-electron chi connectivity index (χ2n) is 15.5. The van der Waals surface area contributed by atoms with Gasteiger partial charge >= 0.3 is 0 Å². The fourth-order valence-electron chi connectivity index (χ4n) is 4.97. The van der Waals surface area contributed by atoms with Gasteiger partial charge in [0.15, 0.2) is 0 Å². The molecular formula is C54H71N9. The highest BCUT2D eigenvalue weighted by Gasteiger charge is 1.87. The molecule has 0 aliphatic heterocycles. The quantitative estimate of drug-likeness (QED) is 0.160. The lowest BCUT2D eigenvalue weighted by atomic mass is 10.2. The Labute approximate surface area is 379 Å². The van der Waals surface area contributed by atoms with E-state index in [-0.39, 0.29) is 0 Å². The summed E-state index contributed by atoms with van der Waals surface area (Å²) in [6, 6.07) is 33.0. The summed E-state index contributed by atoms with van der Waals surface area (Å²) in [6.07, 6.45) is 10.7. The van der Waals surface area contributed by atoms with E-state index in [2.05, 4.69) is 133 Å². The Morgan fingerprint density at radius 3 is 1.00 bits per heavy atom. The van der Waals surface area contributed by atoms with Crippen molar-refractivity contribution in [3.63, 3.8) is 0 Å². The lowest BCUT2D eigenvalue weighted by molar-refractivity contribution is 1.02. The molecule has 0 fully saturated rings. The van der Waals surface area contributed by atoms with Gasteiger partial charge < -0.3 is 0 Å². The van der Waals surface area contributed by atoms with Crippen LogP contribution in [0.1, 0.15) is 90.2 Å². The van der Waals surface area contributed by atoms with E-state index in [9.17, 15) is 0 Å². The van der Waals surface area contributed by atoms with Crippen LogP contribution in [0.3, 0.4) is 0 Å². The first kappa shape index (κ1) is 54.3. The first-order valence-corrected chi connectivity index (χ1v) is 21.0. The van der Waals surface area contributed by atoms with Gasteiger partial charge in [0.2, 0.25) is 0 Å². The highest BCUT2D eigenvalue weighted by atomic mass is 15.1. The molecule has 63 heavy (non-hydrogen) atoms. The molecule has 0 saturated carbocycles. The van der Waals surface area contributed by atoms with Crippen LogP contribution in [0, 0.1) is 111 Å². The van der Waals surface area contributed by atoms with Crippen molar-refractivity contribution in [3.8, 4) is 0 Å². The predicted molar refractivity (Wildman–Crippen MR) is 264 cm³/mol. The van der Waals surface area contributed by atoms with Crippen LogP contribution in [-0.2, 0) is 0 Å². The van der Waals surface area contributed by atoms with E-state index in [0.717, 1.165) is 51.2 Å². The molecule has 0 atom stereocenters. The van der Waals surface area contributed by atoms with Crippen LogP contribution in [0.4, 0.5) is 0 Å². The molecule has 9 heteroatoms. The van der Waals surface area contributed by atoms with Crippen LogP contribution in [-0.4, -0.2) is 45.1 Å². The standard InChI is InChI=1S/2C8H10.3C7H9N.2C6H8N2.C5H8N2/c1-7-3-5-8(2)6-4-7;1-7-4-3-5-8(2)6-7;1-6-3-7(2)5-8-4-6;1-6-3-4-7(2)8-5-6;1-6-4-3-5-7(2)8-6;1-5-3-8-6(2)4-7-5;1-5-3-6(2)8-4-7-5;1-4-3-5(2)7-6-4/h2*3-6H,1-2H3;3*3-5H,1-2H3;2*3-4H,1-2H3;3H,1-2H3,(H,6,7). The SMILES string of the molecule is Cc1cc(C)[nH]n1.Cc1cc(C)ncn1.Cc1ccc(C)cc1.Cc1ccc(C)nc1.Cc1cccc(C)c1.Cc1cccc(C)n1.Cc1cnc(C)cn1.Cc1cncc(C)c1. The minimum atomic E-state index is 0.968. The summed E-state index contributed by atoms with van der Waals surface area (Å²) in [4.78, 5) is 28.1. The smallest absolute Gasteiger partial charge is 0.115 e. The molecule has 2 aromatic carbocycles. The average Bonchev–Trinajstić information content (AvgIpc) is 3.61. The summed E-state index contributed by atoms with van der Waals surface area (Å²) in [5, 5.41) is 6.71. The maximum absolute atomic E-state index is 4.17. The van der Waals surface area contributed by atoms with Gasteiger partial charge in [-0.25, -0.2) is 9.97 Å². The van der Waals surface area contributed by atoms with Gasteiger partial charge in [-0.05, 0) is 158 Å². The molecule has 6 heterocycles. The van der Waals surface area contributed by atoms with Crippen molar-refractivity contribution in [2.75, 3.05) is 0 Å². The largest absolute Gasteiger partial charge is 0.283 e. The summed E-state index contributed by atoms with van der Waals surface area (Å²) in [5.41, 5.74) is 18.4. The summed E-state index contributed by atoms with van der Waals surface area (Å²) in [7, 11) is 0. The number of aryl methyl sites for hydroxylation is 16. The lowest BCUT2D eigenvalue weighted by Crippen LogP contribution is -1.84. The topological polar surface area (TPSA) is 119 Å². The molecule has 1 N–H and O–H groups in total. The lowest BCUT2D eigenvalue weighted by Gasteiger charge is -1.90. The van der Waals surface area contributed by atoms with Crippen LogP contribution in [0.25, 0.3) is 0 Å². The second kappa shape index (κ2) is 31.2. The normalized spacial score (nSPS) is 9.27. The van der Waals surface area contributed by atoms with Crippen molar-refractivity contribution < 1.29 is 0 Å². The Balaban J connectivity index is 0.000000360. The van der Waals surface area contributed by atoms with Gasteiger partial charge in [0.25, 0.3) is 0 Å². The molecule has 0 bridgehead atoms. The number of benzene rings is 2. The van der Waals surface area contributed by atoms with Crippen molar-refractivity contribution in [2.24, 2.45) is 0 Å². The van der Waals surface area contributed by atoms with Gasteiger partial charge in [0, 0.05) is 65.1 Å². The molecular weight excluding hydrogens is 775 g/mol. The van der Waals surface area contributed by atoms with Gasteiger partial charge in [-0.3, -0.25) is 30.0 Å². The molecule has 0 radical (unpaired) electrons. The van der Waals surface area contributed by atoms with Crippen molar-refractivity contribution in [2.45, 2.75) is 111 Å². The third kappa shape index (κ3) is 30.0. The number of rotatable bonds is 0. The zero-order chi connectivity index (χ0) is 47.2. The average molecular weight is 846 g/mol. The first-order valence-electron chi connectivity index (χ1n) is 21.0. The van der Waals surface area contributed by atoms with Crippen molar-refractivity contribution in [1.29, 1.82) is 0 Å². The van der Waals surface area contributed by atoms with Crippen LogP contribution < -0.4 is 0 Å². The van der Waals surface area contributed by atoms with Crippen LogP contribution in [0.5, 0.6) is 0 Å². The Morgan fingerprint density at radius 2 is 0.746 bits per heavy atom. The Kier molecular flexibility index (Phi) is 26.8. The maximum atomic E-state index is 4.17. The predicted octanol–water partition coefficient (Wildman–Crippen LogP) is 12.9. The van der Waals surface area contributed by atoms with Gasteiger partial charge in [-0.1, -0.05) is 89.0 Å². The molecule has 9 nitrogen and oxygen atoms in total. The number of hydrogen-bond donors (Lipinski definition) is 1. The summed E-state index contributed by atoms with van der Waals surface area (Å²) in [6.45, 7) is 32.2. The summed E-state index contributed by atoms with van der Waals surface area (Å²) < 4.78 is 0. The highest BCUT2D eigenvalue weighted by molar-refractivity contribution is 5.21. The molecule has 0 saturated heterocycles. The van der Waals surface area contributed by atoms with E-state index in [4.69, 9.17) is 0 Å². The molecule has 0 spiro atoms. The van der Waals surface area contributed by atoms with E-state index in [0.29, 0.717) is 0 Å². The first-order chi connectivity index (χ1) is 29.8. The maximum Gasteiger partial charge on any atom is 0.115 e. The number of aromatic amines is 1. The van der Waals surface area contributed by atoms with E-state index in [1.54, 1.807) is 18.7 Å². The molecule has 0 unspecified atom stereocenters. The highest BCUT2D eigenvalue weighted by Crippen LogP contribution is 2.01. The summed E-state index contributed by atoms with van der Waals surface area (Å²) >= 11 is 0. The van der Waals surface area contributed by atoms with Gasteiger partial charge in [0.1, 0.15) is 6.33 Å². The number of hydrogen-bond acceptors (Lipinski definition) is 8. The van der Waals surface area contributed by atoms with Crippen LogP contribution in [0.15, 0.2) is 134 Å². The molecule has 0 aliphatic carbocycles. The third-order valence-corrected chi connectivity index (χ3v) is 8.17. The fraction of sp³-hybridized carbons (Fsp3) is 0.296. The Hall–Kier alpha value is -6.74. The van der Waals surface area contributed by atoms with E-state index in [1.807, 2.05) is 138 Å². The minimum absolute atomic E-state index is 0.968. The van der Waals surface area contributed by atoms with Gasteiger partial charge in [0.05, 0.1) is 17.1 Å². The monoisotopic (exact) mass is 846 g/mol. The molecule has 6 aromatic heterocycles.